The molecule has 0 radical (unpaired) electrons. The molecule has 0 aromatic heterocycles. The highest BCUT2D eigenvalue weighted by Gasteiger charge is 2.47. The first kappa shape index (κ1) is 7.03. The highest BCUT2D eigenvalue weighted by atomic mass is 16.3. The van der Waals surface area contributed by atoms with Crippen molar-refractivity contribution in [2.24, 2.45) is 17.6 Å². The van der Waals surface area contributed by atoms with Crippen molar-refractivity contribution in [3.63, 3.8) is 0 Å². The van der Waals surface area contributed by atoms with E-state index in [0.717, 1.165) is 18.3 Å². The van der Waals surface area contributed by atoms with Gasteiger partial charge >= 0.3 is 0 Å². The molecule has 0 aromatic rings. The summed E-state index contributed by atoms with van der Waals surface area (Å²) in [6.45, 7) is 0. The smallest absolute Gasteiger partial charge is 0.0571 e. The van der Waals surface area contributed by atoms with Crippen LogP contribution in [-0.4, -0.2) is 18.3 Å². The maximum absolute atomic E-state index is 9.04. The molecule has 0 bridgehead atoms. The molecular weight excluding hydrogens is 114 g/mol. The topological polar surface area (TPSA) is 46.2 Å². The fraction of sp³-hybridized carbons (Fsp3) is 1.00. The molecule has 0 spiro atoms. The van der Waals surface area contributed by atoms with Gasteiger partial charge in [0.2, 0.25) is 0 Å². The summed E-state index contributed by atoms with van der Waals surface area (Å²) in [5.41, 5.74) is 4.50. The Labute approximate surface area is 56.1 Å². The third kappa shape index (κ3) is 1.25. The largest absolute Gasteiger partial charge is 0.393 e. The monoisotopic (exact) mass is 129 g/mol. The molecule has 2 aliphatic carbocycles. The first-order chi connectivity index (χ1) is 4.38. The van der Waals surface area contributed by atoms with Gasteiger partial charge in [-0.05, 0) is 38.1 Å². The van der Waals surface area contributed by atoms with Gasteiger partial charge in [0.25, 0.3) is 0 Å². The third-order valence-electron chi connectivity index (χ3n) is 2.30. The highest BCUT2D eigenvalue weighted by Crippen LogP contribution is 2.51. The molecule has 2 rings (SSSR count). The molecule has 3 N–H and O–H groups in total. The van der Waals surface area contributed by atoms with Gasteiger partial charge in [0.05, 0.1) is 6.10 Å². The number of hydrogen-bond donors (Lipinski definition) is 2. The molecule has 3 atom stereocenters. The zero-order valence-corrected chi connectivity index (χ0v) is 5.88. The zero-order valence-electron chi connectivity index (χ0n) is 5.88. The van der Waals surface area contributed by atoms with Crippen LogP contribution in [0.15, 0.2) is 0 Å². The van der Waals surface area contributed by atoms with Crippen molar-refractivity contribution in [1.82, 2.24) is 0 Å². The molecule has 0 saturated heterocycles. The number of aliphatic hydroxyl groups excluding tert-OH is 1. The first-order valence-corrected chi connectivity index (χ1v) is 3.64. The number of rotatable bonds is 0. The summed E-state index contributed by atoms with van der Waals surface area (Å²) in [6, 6.07) is 0. The van der Waals surface area contributed by atoms with Crippen molar-refractivity contribution >= 4 is 0 Å². The van der Waals surface area contributed by atoms with Crippen molar-refractivity contribution in [3.8, 4) is 0 Å². The van der Waals surface area contributed by atoms with E-state index in [4.69, 9.17) is 5.11 Å². The van der Waals surface area contributed by atoms with E-state index in [0.29, 0.717) is 0 Å². The fourth-order valence-electron chi connectivity index (χ4n) is 1.67. The molecule has 0 aliphatic heterocycles. The average molecular weight is 129 g/mol. The van der Waals surface area contributed by atoms with Crippen LogP contribution in [0.5, 0.6) is 0 Å². The highest BCUT2D eigenvalue weighted by molar-refractivity contribution is 4.97. The van der Waals surface area contributed by atoms with Gasteiger partial charge in [-0.15, -0.1) is 0 Å². The van der Waals surface area contributed by atoms with Crippen molar-refractivity contribution in [1.29, 1.82) is 0 Å². The van der Waals surface area contributed by atoms with Crippen LogP contribution in [0.3, 0.4) is 0 Å². The van der Waals surface area contributed by atoms with Gasteiger partial charge in [0.1, 0.15) is 0 Å². The maximum atomic E-state index is 9.04. The second kappa shape index (κ2) is 2.67. The van der Waals surface area contributed by atoms with Crippen molar-refractivity contribution in [3.05, 3.63) is 0 Å². The molecular formula is C7H15NO. The molecule has 2 aliphatic rings. The van der Waals surface area contributed by atoms with Crippen LogP contribution in [0.25, 0.3) is 0 Å². The molecule has 2 saturated carbocycles. The Balaban J connectivity index is 0.000000186. The molecule has 0 aromatic carbocycles. The number of aliphatic hydroxyl groups is 1. The molecule has 2 heteroatoms. The van der Waals surface area contributed by atoms with Gasteiger partial charge in [-0.3, -0.25) is 0 Å². The summed E-state index contributed by atoms with van der Waals surface area (Å²) in [5, 5.41) is 9.04. The molecule has 2 fully saturated rings. The van der Waals surface area contributed by atoms with Crippen LogP contribution in [0, 0.1) is 11.8 Å². The minimum atomic E-state index is 0.0880. The summed E-state index contributed by atoms with van der Waals surface area (Å²) in [4.78, 5) is 0. The minimum absolute atomic E-state index is 0.0880. The van der Waals surface area contributed by atoms with Gasteiger partial charge in [0, 0.05) is 0 Å². The Morgan fingerprint density at radius 3 is 2.11 bits per heavy atom. The van der Waals surface area contributed by atoms with E-state index in [-0.39, 0.29) is 6.10 Å². The predicted octanol–water partition coefficient (Wildman–Crippen LogP) is 0.352. The van der Waals surface area contributed by atoms with E-state index in [1.165, 1.54) is 19.9 Å². The van der Waals surface area contributed by atoms with Crippen LogP contribution in [0.2, 0.25) is 0 Å². The summed E-state index contributed by atoms with van der Waals surface area (Å²) in [6.07, 6.45) is 3.78. The molecule has 0 amide bonds. The average Bonchev–Trinajstić information content (AvgIpc) is 2.61. The number of fused-ring (bicyclic) bond motifs is 1. The fourth-order valence-corrected chi connectivity index (χ4v) is 1.67. The van der Waals surface area contributed by atoms with Gasteiger partial charge < -0.3 is 10.8 Å². The lowest BCUT2D eigenvalue weighted by molar-refractivity contribution is 0.159. The van der Waals surface area contributed by atoms with Crippen LogP contribution in [0.1, 0.15) is 19.3 Å². The summed E-state index contributed by atoms with van der Waals surface area (Å²) >= 11 is 0. The first-order valence-electron chi connectivity index (χ1n) is 3.64. The lowest BCUT2D eigenvalue weighted by Crippen LogP contribution is -2.02. The number of nitrogens with two attached hydrogens (primary N) is 1. The molecule has 9 heavy (non-hydrogen) atoms. The Bertz CT molecular complexity index is 94.9. The normalized spacial score (nSPS) is 45.0. The predicted molar refractivity (Wildman–Crippen MR) is 36.9 cm³/mol. The van der Waals surface area contributed by atoms with Crippen molar-refractivity contribution in [2.75, 3.05) is 7.05 Å². The van der Waals surface area contributed by atoms with E-state index in [1.54, 1.807) is 0 Å². The van der Waals surface area contributed by atoms with Gasteiger partial charge in [-0.1, -0.05) is 0 Å². The van der Waals surface area contributed by atoms with Crippen LogP contribution in [0.4, 0.5) is 0 Å². The quantitative estimate of drug-likeness (QED) is 0.496. The molecule has 54 valence electrons. The Hall–Kier alpha value is -0.0800. The Morgan fingerprint density at radius 1 is 1.33 bits per heavy atom. The molecule has 2 nitrogen and oxygen atoms in total. The summed E-state index contributed by atoms with van der Waals surface area (Å²) in [7, 11) is 1.50. The van der Waals surface area contributed by atoms with Gasteiger partial charge in [0.15, 0.2) is 0 Å². The van der Waals surface area contributed by atoms with E-state index in [1.807, 2.05) is 0 Å². The molecule has 0 heterocycles. The van der Waals surface area contributed by atoms with E-state index in [9.17, 15) is 0 Å². The van der Waals surface area contributed by atoms with E-state index < -0.39 is 0 Å². The lowest BCUT2D eigenvalue weighted by atomic mass is 10.2. The standard InChI is InChI=1S/C6H10O.CH5N/c7-6-2-1-4-3-5(4)6;1-2/h4-7H,1-3H2;2H2,1H3. The summed E-state index contributed by atoms with van der Waals surface area (Å²) in [5.74, 6) is 1.68. The summed E-state index contributed by atoms with van der Waals surface area (Å²) < 4.78 is 0. The SMILES string of the molecule is CN.OC1CCC2CC12. The van der Waals surface area contributed by atoms with Crippen LogP contribution >= 0.6 is 0 Å². The Morgan fingerprint density at radius 2 is 2.00 bits per heavy atom. The zero-order chi connectivity index (χ0) is 6.85. The second-order valence-corrected chi connectivity index (χ2v) is 2.80. The van der Waals surface area contributed by atoms with Gasteiger partial charge in [-0.25, -0.2) is 0 Å². The maximum Gasteiger partial charge on any atom is 0.0571 e. The lowest BCUT2D eigenvalue weighted by Gasteiger charge is -1.97. The molecule has 3 unspecified atom stereocenters. The van der Waals surface area contributed by atoms with Crippen molar-refractivity contribution < 1.29 is 5.11 Å². The van der Waals surface area contributed by atoms with E-state index >= 15 is 0 Å². The van der Waals surface area contributed by atoms with Crippen LogP contribution < -0.4 is 5.73 Å². The van der Waals surface area contributed by atoms with Gasteiger partial charge in [-0.2, -0.15) is 0 Å². The second-order valence-electron chi connectivity index (χ2n) is 2.80. The Kier molecular flexibility index (Phi) is 2.09. The minimum Gasteiger partial charge on any atom is -0.393 e. The van der Waals surface area contributed by atoms with Crippen molar-refractivity contribution in [2.45, 2.75) is 25.4 Å². The third-order valence-corrected chi connectivity index (χ3v) is 2.30. The van der Waals surface area contributed by atoms with Crippen LogP contribution in [-0.2, 0) is 0 Å². The van der Waals surface area contributed by atoms with E-state index in [2.05, 4.69) is 5.73 Å². The number of hydrogen-bond acceptors (Lipinski definition) is 2.